The van der Waals surface area contributed by atoms with Gasteiger partial charge in [0.2, 0.25) is 0 Å². The van der Waals surface area contributed by atoms with Gasteiger partial charge in [0.05, 0.1) is 30.9 Å². The lowest BCUT2D eigenvalue weighted by Crippen LogP contribution is -2.41. The average Bonchev–Trinajstić information content (AvgIpc) is 3.04. The Hall–Kier alpha value is -1.89. The van der Waals surface area contributed by atoms with Crippen LogP contribution in [0.4, 0.5) is 0 Å². The highest BCUT2D eigenvalue weighted by atomic mass is 16.5. The molecular formula is C18H22N4O2. The topological polar surface area (TPSA) is 60.4 Å². The first-order valence-electron chi connectivity index (χ1n) is 8.37. The Morgan fingerprint density at radius 1 is 1.38 bits per heavy atom. The summed E-state index contributed by atoms with van der Waals surface area (Å²) in [5.41, 5.74) is 3.20. The summed E-state index contributed by atoms with van der Waals surface area (Å²) in [6.07, 6.45) is 6.56. The van der Waals surface area contributed by atoms with E-state index < -0.39 is 0 Å². The van der Waals surface area contributed by atoms with E-state index >= 15 is 0 Å². The minimum Gasteiger partial charge on any atom is -0.383 e. The van der Waals surface area contributed by atoms with Crippen LogP contribution < -0.4 is 0 Å². The van der Waals surface area contributed by atoms with Gasteiger partial charge < -0.3 is 9.47 Å². The first kappa shape index (κ1) is 15.6. The molecule has 0 saturated carbocycles. The van der Waals surface area contributed by atoms with Crippen molar-refractivity contribution in [2.75, 3.05) is 40.0 Å². The quantitative estimate of drug-likeness (QED) is 0.851. The maximum atomic E-state index is 5.88. The minimum atomic E-state index is -0.0266. The lowest BCUT2D eigenvalue weighted by Gasteiger charge is -2.34. The second kappa shape index (κ2) is 6.55. The van der Waals surface area contributed by atoms with E-state index in [-0.39, 0.29) is 5.41 Å². The van der Waals surface area contributed by atoms with Crippen LogP contribution in [0.2, 0.25) is 0 Å². The van der Waals surface area contributed by atoms with Gasteiger partial charge in [0.1, 0.15) is 0 Å². The molecule has 126 valence electrons. The third-order valence-electron chi connectivity index (χ3n) is 4.97. The van der Waals surface area contributed by atoms with Gasteiger partial charge in [0.15, 0.2) is 5.82 Å². The van der Waals surface area contributed by atoms with Crippen LogP contribution in [0.1, 0.15) is 17.7 Å². The summed E-state index contributed by atoms with van der Waals surface area (Å²) in [5.74, 6) is 0.749. The predicted molar refractivity (Wildman–Crippen MR) is 89.5 cm³/mol. The summed E-state index contributed by atoms with van der Waals surface area (Å²) in [6.45, 7) is 5.06. The SMILES string of the molecule is COCCN1CC[C@@]2(COCc3cnc(-c4cccnc4)nc32)C1. The molecule has 0 amide bonds. The smallest absolute Gasteiger partial charge is 0.160 e. The van der Waals surface area contributed by atoms with Gasteiger partial charge >= 0.3 is 0 Å². The summed E-state index contributed by atoms with van der Waals surface area (Å²) in [4.78, 5) is 16.1. The fraction of sp³-hybridized carbons (Fsp3) is 0.500. The molecule has 4 rings (SSSR count). The van der Waals surface area contributed by atoms with Crippen LogP contribution in [0, 0.1) is 0 Å². The second-order valence-corrected chi connectivity index (χ2v) is 6.60. The Bertz CT molecular complexity index is 709. The number of fused-ring (bicyclic) bond motifs is 2. The molecule has 0 bridgehead atoms. The molecule has 1 spiro atoms. The Kier molecular flexibility index (Phi) is 4.26. The Labute approximate surface area is 141 Å². The maximum Gasteiger partial charge on any atom is 0.160 e. The second-order valence-electron chi connectivity index (χ2n) is 6.60. The minimum absolute atomic E-state index is 0.0266. The summed E-state index contributed by atoms with van der Waals surface area (Å²) in [6, 6.07) is 3.92. The fourth-order valence-corrected chi connectivity index (χ4v) is 3.71. The van der Waals surface area contributed by atoms with E-state index in [0.717, 1.165) is 61.9 Å². The molecule has 6 heteroatoms. The van der Waals surface area contributed by atoms with E-state index in [1.54, 1.807) is 13.3 Å². The van der Waals surface area contributed by atoms with Gasteiger partial charge in [-0.2, -0.15) is 0 Å². The Balaban J connectivity index is 1.67. The molecule has 0 aliphatic carbocycles. The molecule has 2 aromatic rings. The molecule has 1 saturated heterocycles. The van der Waals surface area contributed by atoms with E-state index in [4.69, 9.17) is 14.5 Å². The molecule has 0 aromatic carbocycles. The van der Waals surface area contributed by atoms with Crippen molar-refractivity contribution < 1.29 is 9.47 Å². The number of nitrogens with zero attached hydrogens (tertiary/aromatic N) is 4. The monoisotopic (exact) mass is 326 g/mol. The van der Waals surface area contributed by atoms with Crippen molar-refractivity contribution in [2.24, 2.45) is 0 Å². The van der Waals surface area contributed by atoms with Crippen LogP contribution in [-0.2, 0) is 21.5 Å². The molecular weight excluding hydrogens is 304 g/mol. The highest BCUT2D eigenvalue weighted by Gasteiger charge is 2.44. The van der Waals surface area contributed by atoms with Crippen molar-refractivity contribution >= 4 is 0 Å². The summed E-state index contributed by atoms with van der Waals surface area (Å²) in [5, 5.41) is 0. The maximum absolute atomic E-state index is 5.88. The van der Waals surface area contributed by atoms with E-state index in [2.05, 4.69) is 14.9 Å². The number of pyridine rings is 1. The van der Waals surface area contributed by atoms with E-state index in [9.17, 15) is 0 Å². The van der Waals surface area contributed by atoms with Crippen LogP contribution in [0.3, 0.4) is 0 Å². The van der Waals surface area contributed by atoms with Crippen molar-refractivity contribution in [2.45, 2.75) is 18.4 Å². The Morgan fingerprint density at radius 3 is 3.17 bits per heavy atom. The van der Waals surface area contributed by atoms with E-state index in [1.807, 2.05) is 24.5 Å². The highest BCUT2D eigenvalue weighted by molar-refractivity contribution is 5.54. The largest absolute Gasteiger partial charge is 0.383 e. The first-order chi connectivity index (χ1) is 11.8. The van der Waals surface area contributed by atoms with Crippen molar-refractivity contribution in [3.8, 4) is 11.4 Å². The van der Waals surface area contributed by atoms with Crippen LogP contribution in [0.25, 0.3) is 11.4 Å². The third-order valence-corrected chi connectivity index (χ3v) is 4.97. The zero-order chi connectivity index (χ0) is 16.4. The lowest BCUT2D eigenvalue weighted by molar-refractivity contribution is 0.0492. The van der Waals surface area contributed by atoms with Crippen LogP contribution in [-0.4, -0.2) is 59.8 Å². The molecule has 2 aliphatic heterocycles. The van der Waals surface area contributed by atoms with Gasteiger partial charge in [0.25, 0.3) is 0 Å². The van der Waals surface area contributed by atoms with Gasteiger partial charge in [-0.15, -0.1) is 0 Å². The standard InChI is InChI=1S/C18H22N4O2/c1-23-8-7-22-6-4-18(12-22)13-24-11-15-10-20-17(21-16(15)18)14-3-2-5-19-9-14/h2-3,5,9-10H,4,6-8,11-13H2,1H3/t18-/m0/s1. The molecule has 0 radical (unpaired) electrons. The van der Waals surface area contributed by atoms with Gasteiger partial charge in [-0.25, -0.2) is 9.97 Å². The van der Waals surface area contributed by atoms with Crippen molar-refractivity contribution in [1.29, 1.82) is 0 Å². The lowest BCUT2D eigenvalue weighted by atomic mass is 9.80. The first-order valence-corrected chi connectivity index (χ1v) is 8.37. The number of hydrogen-bond donors (Lipinski definition) is 0. The number of likely N-dealkylation sites (tertiary alicyclic amines) is 1. The van der Waals surface area contributed by atoms with Gasteiger partial charge in [-0.3, -0.25) is 9.88 Å². The molecule has 1 atom stereocenters. The predicted octanol–water partition coefficient (Wildman–Crippen LogP) is 1.66. The molecule has 0 N–H and O–H groups in total. The van der Waals surface area contributed by atoms with E-state index in [0.29, 0.717) is 6.61 Å². The van der Waals surface area contributed by atoms with Gasteiger partial charge in [-0.05, 0) is 25.1 Å². The molecule has 2 aliphatic rings. The van der Waals surface area contributed by atoms with Crippen molar-refractivity contribution in [3.63, 3.8) is 0 Å². The normalized spacial score (nSPS) is 23.5. The highest BCUT2D eigenvalue weighted by Crippen LogP contribution is 2.39. The molecule has 2 aromatic heterocycles. The number of hydrogen-bond acceptors (Lipinski definition) is 6. The summed E-state index contributed by atoms with van der Waals surface area (Å²) < 4.78 is 11.1. The zero-order valence-corrected chi connectivity index (χ0v) is 13.9. The number of aromatic nitrogens is 3. The molecule has 24 heavy (non-hydrogen) atoms. The summed E-state index contributed by atoms with van der Waals surface area (Å²) in [7, 11) is 1.75. The number of methoxy groups -OCH3 is 1. The van der Waals surface area contributed by atoms with Gasteiger partial charge in [0, 0.05) is 49.9 Å². The third kappa shape index (κ3) is 2.81. The molecule has 6 nitrogen and oxygen atoms in total. The van der Waals surface area contributed by atoms with Crippen molar-refractivity contribution in [1.82, 2.24) is 19.9 Å². The summed E-state index contributed by atoms with van der Waals surface area (Å²) >= 11 is 0. The average molecular weight is 326 g/mol. The molecule has 1 fully saturated rings. The Morgan fingerprint density at radius 2 is 2.33 bits per heavy atom. The van der Waals surface area contributed by atoms with Crippen molar-refractivity contribution in [3.05, 3.63) is 42.0 Å². The number of rotatable bonds is 4. The van der Waals surface area contributed by atoms with Crippen LogP contribution in [0.15, 0.2) is 30.7 Å². The molecule has 4 heterocycles. The van der Waals surface area contributed by atoms with Gasteiger partial charge in [-0.1, -0.05) is 0 Å². The fourth-order valence-electron chi connectivity index (χ4n) is 3.71. The van der Waals surface area contributed by atoms with Crippen LogP contribution >= 0.6 is 0 Å². The van der Waals surface area contributed by atoms with Crippen LogP contribution in [0.5, 0.6) is 0 Å². The zero-order valence-electron chi connectivity index (χ0n) is 13.9. The molecule has 0 unspecified atom stereocenters. The number of ether oxygens (including phenoxy) is 2. The van der Waals surface area contributed by atoms with E-state index in [1.165, 1.54) is 0 Å².